The molecule has 1 aromatic heterocycles. The van der Waals surface area contributed by atoms with E-state index in [0.29, 0.717) is 5.95 Å². The van der Waals surface area contributed by atoms with Crippen LogP contribution in [0.4, 0.5) is 17.5 Å². The molecule has 2 fully saturated rings. The van der Waals surface area contributed by atoms with Crippen molar-refractivity contribution in [3.05, 3.63) is 52.2 Å². The van der Waals surface area contributed by atoms with Crippen molar-refractivity contribution < 1.29 is 9.66 Å². The summed E-state index contributed by atoms with van der Waals surface area (Å²) in [5.41, 5.74) is 1.21. The Morgan fingerprint density at radius 2 is 1.96 bits per heavy atom. The molecular weight excluding hydrogens is 360 g/mol. The smallest absolute Gasteiger partial charge is 0.269 e. The average Bonchev–Trinajstić information content (AvgIpc) is 3.16. The van der Waals surface area contributed by atoms with Gasteiger partial charge in [-0.25, -0.2) is 4.98 Å². The number of nitrogens with one attached hydrogen (secondary N) is 1. The largest absolute Gasteiger partial charge is 0.378 e. The van der Waals surface area contributed by atoms with Crippen LogP contribution in [0.3, 0.4) is 0 Å². The quantitative estimate of drug-likeness (QED) is 0.596. The molecule has 2 aliphatic rings. The van der Waals surface area contributed by atoms with E-state index < -0.39 is 0 Å². The van der Waals surface area contributed by atoms with Crippen molar-refractivity contribution in [1.29, 1.82) is 0 Å². The van der Waals surface area contributed by atoms with Crippen LogP contribution in [0, 0.1) is 10.1 Å². The summed E-state index contributed by atoms with van der Waals surface area (Å²) >= 11 is 0. The number of nitro groups is 1. The van der Waals surface area contributed by atoms with Crippen LogP contribution >= 0.6 is 0 Å². The lowest BCUT2D eigenvalue weighted by Crippen LogP contribution is -2.37. The first kappa shape index (κ1) is 18.6. The van der Waals surface area contributed by atoms with Crippen molar-refractivity contribution in [3.8, 4) is 0 Å². The molecule has 1 aromatic carbocycles. The van der Waals surface area contributed by atoms with Gasteiger partial charge in [0, 0.05) is 57.1 Å². The Bertz CT molecular complexity index is 810. The second kappa shape index (κ2) is 8.49. The van der Waals surface area contributed by atoms with E-state index in [0.717, 1.165) is 63.7 Å². The van der Waals surface area contributed by atoms with Crippen molar-refractivity contribution in [2.75, 3.05) is 49.6 Å². The monoisotopic (exact) mass is 384 g/mol. The van der Waals surface area contributed by atoms with Crippen molar-refractivity contribution in [3.63, 3.8) is 0 Å². The molecule has 0 amide bonds. The molecule has 0 saturated carbocycles. The summed E-state index contributed by atoms with van der Waals surface area (Å²) in [7, 11) is 0. The first-order valence-electron chi connectivity index (χ1n) is 9.55. The van der Waals surface area contributed by atoms with E-state index in [2.05, 4.69) is 25.1 Å². The molecule has 0 bridgehead atoms. The van der Waals surface area contributed by atoms with Gasteiger partial charge in [0.05, 0.1) is 18.1 Å². The number of rotatable bonds is 6. The van der Waals surface area contributed by atoms with Crippen LogP contribution in [0.1, 0.15) is 12.0 Å². The van der Waals surface area contributed by atoms with Crippen LogP contribution in [0.5, 0.6) is 0 Å². The summed E-state index contributed by atoms with van der Waals surface area (Å²) in [5.74, 6) is 1.59. The molecule has 1 atom stereocenters. The van der Waals surface area contributed by atoms with Gasteiger partial charge in [0.15, 0.2) is 0 Å². The molecule has 28 heavy (non-hydrogen) atoms. The number of likely N-dealkylation sites (tertiary alicyclic amines) is 1. The SMILES string of the molecule is O=[N+]([O-])c1ccc(CN2CCC(Nc3nccc(N4CCOCC4)n3)C2)cc1. The maximum atomic E-state index is 10.8. The molecule has 2 saturated heterocycles. The number of nitro benzene ring substituents is 1. The molecule has 9 nitrogen and oxygen atoms in total. The number of anilines is 2. The van der Waals surface area contributed by atoms with Gasteiger partial charge in [-0.15, -0.1) is 0 Å². The summed E-state index contributed by atoms with van der Waals surface area (Å²) in [6.45, 7) is 5.80. The van der Waals surface area contributed by atoms with Gasteiger partial charge >= 0.3 is 0 Å². The van der Waals surface area contributed by atoms with Gasteiger partial charge < -0.3 is 15.0 Å². The fraction of sp³-hybridized carbons (Fsp3) is 0.474. The van der Waals surface area contributed by atoms with Crippen LogP contribution in [0.15, 0.2) is 36.5 Å². The highest BCUT2D eigenvalue weighted by molar-refractivity contribution is 5.43. The van der Waals surface area contributed by atoms with E-state index in [1.807, 2.05) is 18.2 Å². The topological polar surface area (TPSA) is 96.7 Å². The maximum Gasteiger partial charge on any atom is 0.269 e. The van der Waals surface area contributed by atoms with Crippen molar-refractivity contribution in [2.24, 2.45) is 0 Å². The number of benzene rings is 1. The zero-order valence-electron chi connectivity index (χ0n) is 15.7. The minimum atomic E-state index is -0.370. The minimum Gasteiger partial charge on any atom is -0.378 e. The van der Waals surface area contributed by atoms with Crippen LogP contribution in [0.2, 0.25) is 0 Å². The Labute approximate surface area is 163 Å². The van der Waals surface area contributed by atoms with Gasteiger partial charge in [0.1, 0.15) is 5.82 Å². The number of nitrogens with zero attached hydrogens (tertiary/aromatic N) is 5. The van der Waals surface area contributed by atoms with Gasteiger partial charge in [-0.1, -0.05) is 12.1 Å². The number of non-ortho nitro benzene ring substituents is 1. The minimum absolute atomic E-state index is 0.127. The van der Waals surface area contributed by atoms with Crippen molar-refractivity contribution >= 4 is 17.5 Å². The number of ether oxygens (including phenoxy) is 1. The lowest BCUT2D eigenvalue weighted by molar-refractivity contribution is -0.384. The number of morpholine rings is 1. The molecule has 148 valence electrons. The molecule has 3 heterocycles. The Morgan fingerprint density at radius 1 is 1.18 bits per heavy atom. The highest BCUT2D eigenvalue weighted by atomic mass is 16.6. The standard InChI is InChI=1S/C19H24N6O3/c26-25(27)17-3-1-15(2-4-17)13-23-8-6-16(14-23)21-19-20-7-5-18(22-19)24-9-11-28-12-10-24/h1-5,7,16H,6,8-14H2,(H,20,21,22). The van der Waals surface area contributed by atoms with Gasteiger partial charge in [-0.3, -0.25) is 15.0 Å². The van der Waals surface area contributed by atoms with Gasteiger partial charge in [0.25, 0.3) is 5.69 Å². The predicted molar refractivity (Wildman–Crippen MR) is 105 cm³/mol. The number of hydrogen-bond donors (Lipinski definition) is 1. The maximum absolute atomic E-state index is 10.8. The molecule has 0 spiro atoms. The highest BCUT2D eigenvalue weighted by Gasteiger charge is 2.23. The zero-order chi connectivity index (χ0) is 19.3. The molecule has 2 aromatic rings. The van der Waals surface area contributed by atoms with E-state index in [4.69, 9.17) is 4.74 Å². The van der Waals surface area contributed by atoms with E-state index >= 15 is 0 Å². The Morgan fingerprint density at radius 3 is 2.71 bits per heavy atom. The van der Waals surface area contributed by atoms with E-state index in [1.54, 1.807) is 18.3 Å². The lowest BCUT2D eigenvalue weighted by Gasteiger charge is -2.28. The van der Waals surface area contributed by atoms with Gasteiger partial charge in [-0.05, 0) is 18.1 Å². The summed E-state index contributed by atoms with van der Waals surface area (Å²) in [6, 6.07) is 9.00. The average molecular weight is 384 g/mol. The second-order valence-electron chi connectivity index (χ2n) is 7.13. The summed E-state index contributed by atoms with van der Waals surface area (Å²) in [5, 5.41) is 14.2. The molecule has 0 aliphatic carbocycles. The zero-order valence-corrected chi connectivity index (χ0v) is 15.7. The van der Waals surface area contributed by atoms with Gasteiger partial charge in [0.2, 0.25) is 5.95 Å². The van der Waals surface area contributed by atoms with E-state index in [-0.39, 0.29) is 16.7 Å². The predicted octanol–water partition coefficient (Wildman–Crippen LogP) is 1.91. The summed E-state index contributed by atoms with van der Waals surface area (Å²) < 4.78 is 5.40. The fourth-order valence-corrected chi connectivity index (χ4v) is 3.65. The number of hydrogen-bond acceptors (Lipinski definition) is 8. The normalized spacial score (nSPS) is 20.3. The third-order valence-corrected chi connectivity index (χ3v) is 5.13. The van der Waals surface area contributed by atoms with Gasteiger partial charge in [-0.2, -0.15) is 4.98 Å². The Balaban J connectivity index is 1.31. The lowest BCUT2D eigenvalue weighted by atomic mass is 10.2. The first-order valence-corrected chi connectivity index (χ1v) is 9.55. The molecule has 1 N–H and O–H groups in total. The van der Waals surface area contributed by atoms with Crippen molar-refractivity contribution in [1.82, 2.24) is 14.9 Å². The number of aromatic nitrogens is 2. The fourth-order valence-electron chi connectivity index (χ4n) is 3.65. The van der Waals surface area contributed by atoms with Crippen LogP contribution in [-0.4, -0.2) is 65.2 Å². The summed E-state index contributed by atoms with van der Waals surface area (Å²) in [4.78, 5) is 24.0. The molecule has 1 unspecified atom stereocenters. The van der Waals surface area contributed by atoms with Crippen molar-refractivity contribution in [2.45, 2.75) is 19.0 Å². The third kappa shape index (κ3) is 4.55. The second-order valence-corrected chi connectivity index (χ2v) is 7.13. The summed E-state index contributed by atoms with van der Waals surface area (Å²) in [6.07, 6.45) is 2.81. The Kier molecular flexibility index (Phi) is 5.63. The molecule has 4 rings (SSSR count). The first-order chi connectivity index (χ1) is 13.7. The van der Waals surface area contributed by atoms with Crippen LogP contribution < -0.4 is 10.2 Å². The molecular formula is C19H24N6O3. The Hall–Kier alpha value is -2.78. The van der Waals surface area contributed by atoms with Crippen LogP contribution in [-0.2, 0) is 11.3 Å². The highest BCUT2D eigenvalue weighted by Crippen LogP contribution is 2.19. The molecule has 9 heteroatoms. The molecule has 2 aliphatic heterocycles. The van der Waals surface area contributed by atoms with E-state index in [9.17, 15) is 10.1 Å². The molecule has 0 radical (unpaired) electrons. The van der Waals surface area contributed by atoms with Crippen LogP contribution in [0.25, 0.3) is 0 Å². The third-order valence-electron chi connectivity index (χ3n) is 5.13. The van der Waals surface area contributed by atoms with E-state index in [1.165, 1.54) is 0 Å².